The average Bonchev–Trinajstić information content (AvgIpc) is 2.65. The molecule has 1 aliphatic heterocycles. The van der Waals surface area contributed by atoms with Gasteiger partial charge in [0.15, 0.2) is 17.5 Å². The molecule has 1 amide bonds. The van der Waals surface area contributed by atoms with Gasteiger partial charge in [-0.2, -0.15) is 0 Å². The van der Waals surface area contributed by atoms with Crippen molar-refractivity contribution in [2.45, 2.75) is 31.9 Å². The lowest BCUT2D eigenvalue weighted by atomic mass is 9.89. The first-order valence-corrected chi connectivity index (χ1v) is 9.45. The molecule has 0 spiro atoms. The van der Waals surface area contributed by atoms with Gasteiger partial charge in [0.1, 0.15) is 17.7 Å². The number of fused-ring (bicyclic) bond motifs is 1. The van der Waals surface area contributed by atoms with Crippen LogP contribution in [0, 0.1) is 17.5 Å². The van der Waals surface area contributed by atoms with E-state index in [0.29, 0.717) is 31.7 Å². The fourth-order valence-corrected chi connectivity index (χ4v) is 3.67. The lowest BCUT2D eigenvalue weighted by molar-refractivity contribution is -0.117. The van der Waals surface area contributed by atoms with E-state index in [2.05, 4.69) is 10.3 Å². The number of hydrogen-bond donors (Lipinski definition) is 1. The molecule has 1 fully saturated rings. The second-order valence-electron chi connectivity index (χ2n) is 7.31. The predicted molar refractivity (Wildman–Crippen MR) is 103 cm³/mol. The second-order valence-corrected chi connectivity index (χ2v) is 7.31. The first kappa shape index (κ1) is 19.4. The first-order valence-electron chi connectivity index (χ1n) is 9.45. The molecular formula is C20H21F3N4O2. The van der Waals surface area contributed by atoms with Crippen LogP contribution in [0.3, 0.4) is 0 Å². The molecule has 0 bridgehead atoms. The maximum Gasteiger partial charge on any atom is 0.246 e. The molecule has 2 heterocycles. The Bertz CT molecular complexity index is 926. The molecule has 0 atom stereocenters. The van der Waals surface area contributed by atoms with Crippen LogP contribution in [0.4, 0.5) is 30.4 Å². The van der Waals surface area contributed by atoms with Crippen molar-refractivity contribution < 1.29 is 22.7 Å². The van der Waals surface area contributed by atoms with Crippen LogP contribution in [-0.2, 0) is 4.79 Å². The third kappa shape index (κ3) is 3.68. The Labute approximate surface area is 166 Å². The lowest BCUT2D eigenvalue weighted by Gasteiger charge is -2.37. The van der Waals surface area contributed by atoms with E-state index < -0.39 is 17.5 Å². The van der Waals surface area contributed by atoms with E-state index in [1.165, 1.54) is 0 Å². The number of pyridine rings is 1. The van der Waals surface area contributed by atoms with Crippen LogP contribution in [0.1, 0.15) is 19.8 Å². The van der Waals surface area contributed by atoms with Gasteiger partial charge in [0.05, 0.1) is 24.1 Å². The number of halogens is 3. The summed E-state index contributed by atoms with van der Waals surface area (Å²) in [5.74, 6) is -3.34. The van der Waals surface area contributed by atoms with Crippen LogP contribution in [0.2, 0.25) is 0 Å². The number of carbonyl (C=O) groups is 1. The summed E-state index contributed by atoms with van der Waals surface area (Å²) in [5.41, 5.74) is 1.71. The standard InChI is InChI=1S/C20H21F3N4O2/c1-3-27-17-9-24-18(8-16(17)26(2)10-19(27)28)25-11-4-12(5-11)29-13-6-14(21)20(23)15(22)7-13/h6-9,11-12H,3-5,10H2,1-2H3,(H,24,25)/t11-,12-. The van der Waals surface area contributed by atoms with Crippen molar-refractivity contribution in [2.24, 2.45) is 0 Å². The molecule has 1 aliphatic carbocycles. The minimum atomic E-state index is -1.50. The van der Waals surface area contributed by atoms with Crippen molar-refractivity contribution >= 4 is 23.1 Å². The Kier molecular flexibility index (Phi) is 4.97. The number of benzene rings is 1. The number of nitrogens with zero attached hydrogens (tertiary/aromatic N) is 3. The number of anilines is 3. The summed E-state index contributed by atoms with van der Waals surface area (Å²) in [6.45, 7) is 2.82. The zero-order valence-electron chi connectivity index (χ0n) is 16.1. The fraction of sp³-hybridized carbons (Fsp3) is 0.400. The summed E-state index contributed by atoms with van der Waals surface area (Å²) in [6.07, 6.45) is 2.71. The van der Waals surface area contributed by atoms with Gasteiger partial charge in [-0.3, -0.25) is 4.79 Å². The highest BCUT2D eigenvalue weighted by Crippen LogP contribution is 2.35. The molecule has 4 rings (SSSR count). The second kappa shape index (κ2) is 7.46. The Morgan fingerprint density at radius 3 is 2.52 bits per heavy atom. The third-order valence-electron chi connectivity index (χ3n) is 5.26. The number of aromatic nitrogens is 1. The Morgan fingerprint density at radius 2 is 1.86 bits per heavy atom. The van der Waals surface area contributed by atoms with Crippen LogP contribution in [0.15, 0.2) is 24.4 Å². The molecular weight excluding hydrogens is 385 g/mol. The summed E-state index contributed by atoms with van der Waals surface area (Å²) in [6, 6.07) is 3.70. The van der Waals surface area contributed by atoms with E-state index in [0.717, 1.165) is 23.5 Å². The molecule has 6 nitrogen and oxygen atoms in total. The van der Waals surface area contributed by atoms with Crippen LogP contribution < -0.4 is 19.9 Å². The molecule has 2 aromatic rings. The Morgan fingerprint density at radius 1 is 1.17 bits per heavy atom. The molecule has 1 N–H and O–H groups in total. The van der Waals surface area contributed by atoms with E-state index in [-0.39, 0.29) is 23.8 Å². The van der Waals surface area contributed by atoms with E-state index in [1.807, 2.05) is 24.9 Å². The van der Waals surface area contributed by atoms with Crippen LogP contribution in [0.25, 0.3) is 0 Å². The molecule has 9 heteroatoms. The number of rotatable bonds is 5. The highest BCUT2D eigenvalue weighted by Gasteiger charge is 2.32. The summed E-state index contributed by atoms with van der Waals surface area (Å²) in [7, 11) is 1.86. The molecule has 1 saturated carbocycles. The maximum absolute atomic E-state index is 13.3. The van der Waals surface area contributed by atoms with Crippen molar-refractivity contribution in [1.29, 1.82) is 0 Å². The Balaban J connectivity index is 1.37. The monoisotopic (exact) mass is 406 g/mol. The number of hydrogen-bond acceptors (Lipinski definition) is 5. The van der Waals surface area contributed by atoms with Gasteiger partial charge in [-0.1, -0.05) is 0 Å². The molecule has 2 aliphatic rings. The molecule has 0 saturated heterocycles. The fourth-order valence-electron chi connectivity index (χ4n) is 3.67. The zero-order valence-corrected chi connectivity index (χ0v) is 16.1. The van der Waals surface area contributed by atoms with Crippen molar-refractivity contribution in [2.75, 3.05) is 35.3 Å². The van der Waals surface area contributed by atoms with Crippen LogP contribution in [-0.4, -0.2) is 43.2 Å². The van der Waals surface area contributed by atoms with Gasteiger partial charge < -0.3 is 19.9 Å². The quantitative estimate of drug-likeness (QED) is 0.772. The minimum absolute atomic E-state index is 0.0253. The summed E-state index contributed by atoms with van der Waals surface area (Å²) in [5, 5.41) is 3.31. The zero-order chi connectivity index (χ0) is 20.7. The van der Waals surface area contributed by atoms with E-state index in [9.17, 15) is 18.0 Å². The summed E-state index contributed by atoms with van der Waals surface area (Å²) in [4.78, 5) is 20.1. The van der Waals surface area contributed by atoms with Gasteiger partial charge in [0.2, 0.25) is 5.91 Å². The topological polar surface area (TPSA) is 57.7 Å². The highest BCUT2D eigenvalue weighted by atomic mass is 19.2. The average molecular weight is 406 g/mol. The van der Waals surface area contributed by atoms with Crippen molar-refractivity contribution in [1.82, 2.24) is 4.98 Å². The molecule has 154 valence electrons. The SMILES string of the molecule is CCN1C(=O)CN(C)c2cc(N[C@H]3C[C@H](Oc4cc(F)c(F)c(F)c4)C3)ncc21. The number of nitrogens with one attached hydrogen (secondary N) is 1. The van der Waals surface area contributed by atoms with Gasteiger partial charge in [-0.25, -0.2) is 18.2 Å². The number of likely N-dealkylation sites (N-methyl/N-ethyl adjacent to an activating group) is 2. The summed E-state index contributed by atoms with van der Waals surface area (Å²) < 4.78 is 45.1. The lowest BCUT2D eigenvalue weighted by Crippen LogP contribution is -2.44. The third-order valence-corrected chi connectivity index (χ3v) is 5.26. The molecule has 29 heavy (non-hydrogen) atoms. The van der Waals surface area contributed by atoms with Gasteiger partial charge in [0.25, 0.3) is 0 Å². The van der Waals surface area contributed by atoms with Gasteiger partial charge in [-0.05, 0) is 6.92 Å². The largest absolute Gasteiger partial charge is 0.490 e. The maximum atomic E-state index is 13.3. The molecule has 1 aromatic heterocycles. The first-order chi connectivity index (χ1) is 13.9. The van der Waals surface area contributed by atoms with Gasteiger partial charge in [0, 0.05) is 50.7 Å². The molecule has 0 unspecified atom stereocenters. The van der Waals surface area contributed by atoms with Crippen molar-refractivity contribution in [3.8, 4) is 5.75 Å². The molecule has 0 radical (unpaired) electrons. The van der Waals surface area contributed by atoms with Crippen molar-refractivity contribution in [3.63, 3.8) is 0 Å². The van der Waals surface area contributed by atoms with Crippen molar-refractivity contribution in [3.05, 3.63) is 41.8 Å². The van der Waals surface area contributed by atoms with E-state index >= 15 is 0 Å². The smallest absolute Gasteiger partial charge is 0.246 e. The van der Waals surface area contributed by atoms with Crippen LogP contribution in [0.5, 0.6) is 5.75 Å². The highest BCUT2D eigenvalue weighted by molar-refractivity contribution is 6.03. The normalized spacial score (nSPS) is 20.9. The van der Waals surface area contributed by atoms with E-state index in [4.69, 9.17) is 4.74 Å². The van der Waals surface area contributed by atoms with Gasteiger partial charge >= 0.3 is 0 Å². The van der Waals surface area contributed by atoms with Crippen LogP contribution >= 0.6 is 0 Å². The minimum Gasteiger partial charge on any atom is -0.490 e. The van der Waals surface area contributed by atoms with Gasteiger partial charge in [-0.15, -0.1) is 0 Å². The number of amides is 1. The number of ether oxygens (including phenoxy) is 1. The summed E-state index contributed by atoms with van der Waals surface area (Å²) >= 11 is 0. The van der Waals surface area contributed by atoms with E-state index in [1.54, 1.807) is 11.1 Å². The number of carbonyl (C=O) groups excluding carboxylic acids is 1. The Hall–Kier alpha value is -2.97. The predicted octanol–water partition coefficient (Wildman–Crippen LogP) is 3.32. The molecule has 1 aromatic carbocycles.